The van der Waals surface area contributed by atoms with E-state index >= 15 is 0 Å². The van der Waals surface area contributed by atoms with Crippen molar-refractivity contribution in [3.63, 3.8) is 0 Å². The van der Waals surface area contributed by atoms with Crippen LogP contribution in [0.5, 0.6) is 5.75 Å². The highest BCUT2D eigenvalue weighted by Gasteiger charge is 2.19. The third-order valence-corrected chi connectivity index (χ3v) is 5.06. The minimum atomic E-state index is 0.378. The van der Waals surface area contributed by atoms with Crippen LogP contribution < -0.4 is 10.1 Å². The molecule has 3 rings (SSSR count). The van der Waals surface area contributed by atoms with Crippen molar-refractivity contribution in [3.8, 4) is 5.75 Å². The monoisotopic (exact) mass is 351 g/mol. The Morgan fingerprint density at radius 1 is 1.35 bits per heavy atom. The Morgan fingerprint density at radius 3 is 3.05 bits per heavy atom. The van der Waals surface area contributed by atoms with Crippen LogP contribution in [0.1, 0.15) is 34.2 Å². The number of hydrogen-bond donors (Lipinski definition) is 1. The number of benzene rings is 1. The van der Waals surface area contributed by atoms with Gasteiger partial charge >= 0.3 is 0 Å². The zero-order valence-electron chi connectivity index (χ0n) is 11.5. The van der Waals surface area contributed by atoms with Crippen molar-refractivity contribution >= 4 is 27.3 Å². The fourth-order valence-electron chi connectivity index (χ4n) is 2.56. The lowest BCUT2D eigenvalue weighted by atomic mass is 10.0. The molecule has 1 aromatic carbocycles. The number of thiophene rings is 1. The maximum atomic E-state index is 5.85. The Balaban J connectivity index is 1.76. The first-order chi connectivity index (χ1) is 9.72. The average molecular weight is 352 g/mol. The molecule has 0 aliphatic carbocycles. The summed E-state index contributed by atoms with van der Waals surface area (Å²) < 4.78 is 6.92. The lowest BCUT2D eigenvalue weighted by Gasteiger charge is -2.18. The molecular formula is C16H18BrNOS. The predicted molar refractivity (Wildman–Crippen MR) is 87.5 cm³/mol. The molecule has 0 radical (unpaired) electrons. The second-order valence-corrected chi connectivity index (χ2v) is 7.41. The zero-order chi connectivity index (χ0) is 13.9. The minimum Gasteiger partial charge on any atom is -0.493 e. The van der Waals surface area contributed by atoms with Crippen molar-refractivity contribution in [1.82, 2.24) is 5.32 Å². The van der Waals surface area contributed by atoms with Crippen LogP contribution in [0.15, 0.2) is 34.8 Å². The largest absolute Gasteiger partial charge is 0.493 e. The zero-order valence-corrected chi connectivity index (χ0v) is 13.9. The molecule has 0 fully saturated rings. The van der Waals surface area contributed by atoms with Crippen molar-refractivity contribution in [3.05, 3.63) is 50.1 Å². The van der Waals surface area contributed by atoms with Gasteiger partial charge in [0.1, 0.15) is 5.75 Å². The highest BCUT2D eigenvalue weighted by atomic mass is 79.9. The van der Waals surface area contributed by atoms with Crippen LogP contribution in [-0.4, -0.2) is 6.61 Å². The van der Waals surface area contributed by atoms with Crippen LogP contribution in [0.25, 0.3) is 0 Å². The van der Waals surface area contributed by atoms with Crippen molar-refractivity contribution in [1.29, 1.82) is 0 Å². The van der Waals surface area contributed by atoms with E-state index in [1.54, 1.807) is 0 Å². The summed E-state index contributed by atoms with van der Waals surface area (Å²) in [5, 5.41) is 3.68. The molecule has 20 heavy (non-hydrogen) atoms. The molecule has 1 aliphatic heterocycles. The summed E-state index contributed by atoms with van der Waals surface area (Å²) in [5.74, 6) is 1.01. The summed E-state index contributed by atoms with van der Waals surface area (Å²) in [6.45, 7) is 3.89. The molecule has 1 aromatic heterocycles. The second-order valence-electron chi connectivity index (χ2n) is 5.12. The van der Waals surface area contributed by atoms with Gasteiger partial charge in [-0.3, -0.25) is 0 Å². The number of hydrogen-bond acceptors (Lipinski definition) is 3. The predicted octanol–water partition coefficient (Wildman–Crippen LogP) is 4.82. The maximum absolute atomic E-state index is 5.85. The van der Waals surface area contributed by atoms with Gasteiger partial charge in [-0.25, -0.2) is 0 Å². The quantitative estimate of drug-likeness (QED) is 0.855. The molecule has 4 heteroatoms. The molecule has 2 heterocycles. The van der Waals surface area contributed by atoms with Gasteiger partial charge in [0.25, 0.3) is 0 Å². The number of nitrogens with one attached hydrogen (secondary N) is 1. The SMILES string of the molecule is Cc1ccc(CNC2CCCOc3cc(Br)ccc32)s1. The van der Waals surface area contributed by atoms with Gasteiger partial charge in [0.05, 0.1) is 6.61 Å². The minimum absolute atomic E-state index is 0.378. The van der Waals surface area contributed by atoms with E-state index in [-0.39, 0.29) is 0 Å². The van der Waals surface area contributed by atoms with E-state index in [4.69, 9.17) is 4.74 Å². The maximum Gasteiger partial charge on any atom is 0.125 e. The summed E-state index contributed by atoms with van der Waals surface area (Å²) in [5.41, 5.74) is 1.28. The van der Waals surface area contributed by atoms with Gasteiger partial charge in [-0.1, -0.05) is 22.0 Å². The van der Waals surface area contributed by atoms with Crippen molar-refractivity contribution in [2.45, 2.75) is 32.4 Å². The Kier molecular flexibility index (Phi) is 4.44. The summed E-state index contributed by atoms with van der Waals surface area (Å²) in [7, 11) is 0. The lowest BCUT2D eigenvalue weighted by molar-refractivity contribution is 0.315. The molecule has 0 saturated carbocycles. The van der Waals surface area contributed by atoms with Crippen LogP contribution in [-0.2, 0) is 6.54 Å². The molecule has 1 aliphatic rings. The normalized spacial score (nSPS) is 18.2. The van der Waals surface area contributed by atoms with E-state index < -0.39 is 0 Å². The molecule has 0 spiro atoms. The summed E-state index contributed by atoms with van der Waals surface area (Å²) in [6.07, 6.45) is 2.21. The molecule has 1 atom stereocenters. The first kappa shape index (κ1) is 14.1. The number of aryl methyl sites for hydroxylation is 1. The van der Waals surface area contributed by atoms with E-state index in [0.29, 0.717) is 6.04 Å². The summed E-state index contributed by atoms with van der Waals surface area (Å²) >= 11 is 5.38. The Morgan fingerprint density at radius 2 is 2.25 bits per heavy atom. The topological polar surface area (TPSA) is 21.3 Å². The van der Waals surface area contributed by atoms with E-state index in [9.17, 15) is 0 Å². The van der Waals surface area contributed by atoms with Crippen molar-refractivity contribution in [2.24, 2.45) is 0 Å². The van der Waals surface area contributed by atoms with Gasteiger partial charge in [-0.15, -0.1) is 11.3 Å². The van der Waals surface area contributed by atoms with Crippen LogP contribution >= 0.6 is 27.3 Å². The molecule has 1 unspecified atom stereocenters. The first-order valence-corrected chi connectivity index (χ1v) is 8.54. The Hall–Kier alpha value is -0.840. The third kappa shape index (κ3) is 3.25. The van der Waals surface area contributed by atoms with Crippen LogP contribution in [0.4, 0.5) is 0 Å². The Bertz CT molecular complexity index is 596. The first-order valence-electron chi connectivity index (χ1n) is 6.93. The van der Waals surface area contributed by atoms with Crippen LogP contribution in [0.3, 0.4) is 0 Å². The molecule has 2 aromatic rings. The van der Waals surface area contributed by atoms with Gasteiger partial charge in [0.2, 0.25) is 0 Å². The van der Waals surface area contributed by atoms with Gasteiger partial charge in [0, 0.05) is 32.4 Å². The summed E-state index contributed by atoms with van der Waals surface area (Å²) in [6, 6.07) is 11.1. The van der Waals surface area contributed by atoms with E-state index in [1.165, 1.54) is 15.3 Å². The fraction of sp³-hybridized carbons (Fsp3) is 0.375. The smallest absolute Gasteiger partial charge is 0.125 e. The Labute approximate surface area is 132 Å². The van der Waals surface area contributed by atoms with E-state index in [1.807, 2.05) is 11.3 Å². The number of rotatable bonds is 3. The van der Waals surface area contributed by atoms with Crippen LogP contribution in [0.2, 0.25) is 0 Å². The standard InChI is InChI=1S/C16H18BrNOS/c1-11-4-6-13(20-11)10-18-15-3-2-8-19-16-9-12(17)5-7-14(15)16/h4-7,9,15,18H,2-3,8,10H2,1H3. The molecule has 106 valence electrons. The fourth-order valence-corrected chi connectivity index (χ4v) is 3.74. The molecule has 0 amide bonds. The highest BCUT2D eigenvalue weighted by Crippen LogP contribution is 2.34. The lowest BCUT2D eigenvalue weighted by Crippen LogP contribution is -2.20. The van der Waals surface area contributed by atoms with Gasteiger partial charge < -0.3 is 10.1 Å². The van der Waals surface area contributed by atoms with Gasteiger partial charge in [-0.2, -0.15) is 0 Å². The van der Waals surface area contributed by atoms with Crippen molar-refractivity contribution < 1.29 is 4.74 Å². The van der Waals surface area contributed by atoms with E-state index in [0.717, 1.165) is 36.2 Å². The number of ether oxygens (including phenoxy) is 1. The molecule has 2 nitrogen and oxygen atoms in total. The van der Waals surface area contributed by atoms with Gasteiger partial charge in [0.15, 0.2) is 0 Å². The van der Waals surface area contributed by atoms with E-state index in [2.05, 4.69) is 58.5 Å². The molecule has 1 N–H and O–H groups in total. The van der Waals surface area contributed by atoms with Gasteiger partial charge in [-0.05, 0) is 44.0 Å². The highest BCUT2D eigenvalue weighted by molar-refractivity contribution is 9.10. The van der Waals surface area contributed by atoms with Crippen LogP contribution in [0, 0.1) is 6.92 Å². The number of halogens is 1. The van der Waals surface area contributed by atoms with Crippen molar-refractivity contribution in [2.75, 3.05) is 6.61 Å². The summed E-state index contributed by atoms with van der Waals surface area (Å²) in [4.78, 5) is 2.77. The molecular weight excluding hydrogens is 334 g/mol. The second kappa shape index (κ2) is 6.29. The molecule has 0 bridgehead atoms. The molecule has 0 saturated heterocycles. The third-order valence-electron chi connectivity index (χ3n) is 3.56. The number of fused-ring (bicyclic) bond motifs is 1. The average Bonchev–Trinajstić information content (AvgIpc) is 2.74.